The summed E-state index contributed by atoms with van der Waals surface area (Å²) in [6.45, 7) is 6.39. The van der Waals surface area contributed by atoms with Crippen molar-refractivity contribution >= 4 is 17.4 Å². The molecule has 2 aromatic rings. The Morgan fingerprint density at radius 2 is 1.86 bits per heavy atom. The Bertz CT molecular complexity index is 1100. The van der Waals surface area contributed by atoms with Crippen LogP contribution < -0.4 is 9.47 Å². The van der Waals surface area contributed by atoms with Crippen molar-refractivity contribution in [1.29, 1.82) is 0 Å². The van der Waals surface area contributed by atoms with Crippen LogP contribution in [-0.4, -0.2) is 84.7 Å². The van der Waals surface area contributed by atoms with Gasteiger partial charge in [-0.25, -0.2) is 0 Å². The van der Waals surface area contributed by atoms with Gasteiger partial charge in [-0.15, -0.1) is 0 Å². The third-order valence-corrected chi connectivity index (χ3v) is 6.51. The number of likely N-dealkylation sites (tertiary alicyclic amines) is 1. The summed E-state index contributed by atoms with van der Waals surface area (Å²) in [5.74, 6) is -0.470. The van der Waals surface area contributed by atoms with Gasteiger partial charge < -0.3 is 24.2 Å². The summed E-state index contributed by atoms with van der Waals surface area (Å²) >= 11 is 0. The lowest BCUT2D eigenvalue weighted by molar-refractivity contribution is -0.140. The minimum atomic E-state index is -0.766. The number of aromatic nitrogens is 1. The first-order chi connectivity index (χ1) is 17.5. The van der Waals surface area contributed by atoms with Gasteiger partial charge in [-0.2, -0.15) is 0 Å². The number of methoxy groups -OCH3 is 1. The SMILES string of the molecule is CCCCOc1ccc(C2/C(=C(\O)c3ccncc3)C(=O)C(=O)N2CCN2CCOCC2)cc1OC. The fraction of sp³-hybridized carbons (Fsp3) is 0.444. The molecule has 3 heterocycles. The number of hydrogen-bond donors (Lipinski definition) is 1. The lowest BCUT2D eigenvalue weighted by Gasteiger charge is -2.31. The van der Waals surface area contributed by atoms with Crippen molar-refractivity contribution < 1.29 is 28.9 Å². The van der Waals surface area contributed by atoms with Crippen molar-refractivity contribution in [2.24, 2.45) is 0 Å². The topological polar surface area (TPSA) is 101 Å². The van der Waals surface area contributed by atoms with Gasteiger partial charge in [-0.1, -0.05) is 19.4 Å². The van der Waals surface area contributed by atoms with Crippen molar-refractivity contribution in [2.75, 3.05) is 53.1 Å². The second-order valence-electron chi connectivity index (χ2n) is 8.79. The van der Waals surface area contributed by atoms with E-state index in [0.29, 0.717) is 55.5 Å². The number of nitrogens with zero attached hydrogens (tertiary/aromatic N) is 3. The molecule has 2 saturated heterocycles. The first kappa shape index (κ1) is 25.7. The number of aliphatic hydroxyl groups excluding tert-OH is 1. The predicted octanol–water partition coefficient (Wildman–Crippen LogP) is 3.02. The maximum atomic E-state index is 13.2. The summed E-state index contributed by atoms with van der Waals surface area (Å²) in [5, 5.41) is 11.2. The summed E-state index contributed by atoms with van der Waals surface area (Å²) in [6.07, 6.45) is 4.99. The lowest BCUT2D eigenvalue weighted by atomic mass is 9.95. The van der Waals surface area contributed by atoms with Gasteiger partial charge in [0.1, 0.15) is 5.76 Å². The van der Waals surface area contributed by atoms with E-state index in [1.807, 2.05) is 6.07 Å². The summed E-state index contributed by atoms with van der Waals surface area (Å²) in [4.78, 5) is 34.2. The normalized spacial score (nSPS) is 20.1. The van der Waals surface area contributed by atoms with Gasteiger partial charge in [0.2, 0.25) is 0 Å². The van der Waals surface area contributed by atoms with E-state index < -0.39 is 17.7 Å². The van der Waals surface area contributed by atoms with Crippen LogP contribution in [0.15, 0.2) is 48.3 Å². The van der Waals surface area contributed by atoms with E-state index in [1.54, 1.807) is 31.4 Å². The molecule has 0 saturated carbocycles. The number of pyridine rings is 1. The van der Waals surface area contributed by atoms with Gasteiger partial charge >= 0.3 is 0 Å². The molecule has 2 aliphatic rings. The Kier molecular flexibility index (Phi) is 8.56. The fourth-order valence-corrected chi connectivity index (χ4v) is 4.50. The number of amides is 1. The van der Waals surface area contributed by atoms with Crippen LogP contribution in [0.25, 0.3) is 5.76 Å². The van der Waals surface area contributed by atoms with Crippen LogP contribution in [0.5, 0.6) is 11.5 Å². The smallest absolute Gasteiger partial charge is 0.295 e. The number of carbonyl (C=O) groups is 2. The lowest BCUT2D eigenvalue weighted by Crippen LogP contribution is -2.42. The van der Waals surface area contributed by atoms with Crippen LogP contribution in [-0.2, 0) is 14.3 Å². The van der Waals surface area contributed by atoms with Crippen LogP contribution in [0.3, 0.4) is 0 Å². The van der Waals surface area contributed by atoms with Crippen molar-refractivity contribution in [3.8, 4) is 11.5 Å². The molecule has 1 aromatic heterocycles. The highest BCUT2D eigenvalue weighted by atomic mass is 16.5. The number of ketones is 1. The average Bonchev–Trinajstić information content (AvgIpc) is 3.17. The zero-order valence-electron chi connectivity index (χ0n) is 20.8. The Morgan fingerprint density at radius 3 is 2.56 bits per heavy atom. The van der Waals surface area contributed by atoms with Gasteiger partial charge in [0.05, 0.1) is 38.5 Å². The van der Waals surface area contributed by atoms with Crippen LogP contribution in [0, 0.1) is 0 Å². The summed E-state index contributed by atoms with van der Waals surface area (Å²) in [7, 11) is 1.55. The van der Waals surface area contributed by atoms with Gasteiger partial charge in [-0.3, -0.25) is 19.5 Å². The average molecular weight is 496 g/mol. The number of hydrogen-bond acceptors (Lipinski definition) is 8. The van der Waals surface area contributed by atoms with Crippen LogP contribution in [0.4, 0.5) is 0 Å². The zero-order chi connectivity index (χ0) is 25.5. The number of carbonyl (C=O) groups excluding carboxylic acids is 2. The molecule has 9 heteroatoms. The molecule has 1 N–H and O–H groups in total. The Morgan fingerprint density at radius 1 is 1.11 bits per heavy atom. The third kappa shape index (κ3) is 5.52. The molecule has 192 valence electrons. The predicted molar refractivity (Wildman–Crippen MR) is 134 cm³/mol. The molecule has 36 heavy (non-hydrogen) atoms. The largest absolute Gasteiger partial charge is 0.507 e. The number of benzene rings is 1. The molecule has 9 nitrogen and oxygen atoms in total. The second kappa shape index (κ2) is 12.0. The maximum absolute atomic E-state index is 13.2. The minimum Gasteiger partial charge on any atom is -0.507 e. The molecule has 1 atom stereocenters. The molecular weight excluding hydrogens is 462 g/mol. The number of Topliss-reactive ketones (excluding diaryl/α,β-unsaturated/α-hetero) is 1. The monoisotopic (exact) mass is 495 g/mol. The van der Waals surface area contributed by atoms with E-state index in [4.69, 9.17) is 14.2 Å². The standard InChI is InChI=1S/C27H33N3O6/c1-3-4-15-36-21-6-5-20(18-22(21)34-2)24-23(25(31)19-7-9-28-10-8-19)26(32)27(33)30(24)12-11-29-13-16-35-17-14-29/h5-10,18,24,31H,3-4,11-17H2,1-2H3/b25-23+. The number of aliphatic hydroxyl groups is 1. The highest BCUT2D eigenvalue weighted by Gasteiger charge is 2.46. The molecule has 2 aliphatic heterocycles. The van der Waals surface area contributed by atoms with Crippen molar-refractivity contribution in [1.82, 2.24) is 14.8 Å². The Hall–Kier alpha value is -3.43. The first-order valence-corrected chi connectivity index (χ1v) is 12.3. The maximum Gasteiger partial charge on any atom is 0.295 e. The number of rotatable bonds is 10. The van der Waals surface area contributed by atoms with E-state index in [0.717, 1.165) is 25.9 Å². The van der Waals surface area contributed by atoms with Crippen molar-refractivity contribution in [2.45, 2.75) is 25.8 Å². The Labute approximate surface area is 211 Å². The molecule has 1 unspecified atom stereocenters. The van der Waals surface area contributed by atoms with Gasteiger partial charge in [0.15, 0.2) is 11.5 Å². The zero-order valence-corrected chi connectivity index (χ0v) is 20.8. The van der Waals surface area contributed by atoms with Crippen LogP contribution in [0.2, 0.25) is 0 Å². The third-order valence-electron chi connectivity index (χ3n) is 6.51. The number of morpholine rings is 1. The van der Waals surface area contributed by atoms with Gasteiger partial charge in [0.25, 0.3) is 11.7 Å². The van der Waals surface area contributed by atoms with Gasteiger partial charge in [0, 0.05) is 44.1 Å². The van der Waals surface area contributed by atoms with E-state index in [1.165, 1.54) is 17.3 Å². The Balaban J connectivity index is 1.72. The number of ether oxygens (including phenoxy) is 3. The molecule has 0 spiro atoms. The van der Waals surface area contributed by atoms with Crippen molar-refractivity contribution in [3.63, 3.8) is 0 Å². The van der Waals surface area contributed by atoms with Crippen LogP contribution >= 0.6 is 0 Å². The molecule has 0 radical (unpaired) electrons. The highest BCUT2D eigenvalue weighted by Crippen LogP contribution is 2.41. The van der Waals surface area contributed by atoms with E-state index in [-0.39, 0.29) is 11.3 Å². The van der Waals surface area contributed by atoms with E-state index in [2.05, 4.69) is 16.8 Å². The molecule has 2 fully saturated rings. The molecule has 0 aliphatic carbocycles. The number of unbranched alkanes of at least 4 members (excludes halogenated alkanes) is 1. The summed E-state index contributed by atoms with van der Waals surface area (Å²) < 4.78 is 16.9. The van der Waals surface area contributed by atoms with Gasteiger partial charge in [-0.05, 0) is 36.2 Å². The highest BCUT2D eigenvalue weighted by molar-refractivity contribution is 6.46. The van der Waals surface area contributed by atoms with E-state index >= 15 is 0 Å². The van der Waals surface area contributed by atoms with Crippen LogP contribution in [0.1, 0.15) is 36.9 Å². The van der Waals surface area contributed by atoms with E-state index in [9.17, 15) is 14.7 Å². The summed E-state index contributed by atoms with van der Waals surface area (Å²) in [6, 6.07) is 7.84. The first-order valence-electron chi connectivity index (χ1n) is 12.3. The molecule has 1 aromatic carbocycles. The summed E-state index contributed by atoms with van der Waals surface area (Å²) in [5.41, 5.74) is 1.13. The molecule has 0 bridgehead atoms. The fourth-order valence-electron chi connectivity index (χ4n) is 4.50. The molecule has 4 rings (SSSR count). The second-order valence-corrected chi connectivity index (χ2v) is 8.79. The molecule has 1 amide bonds. The van der Waals surface area contributed by atoms with Crippen molar-refractivity contribution in [3.05, 3.63) is 59.4 Å². The minimum absolute atomic E-state index is 0.0508. The molecular formula is C27H33N3O6. The quantitative estimate of drug-likeness (QED) is 0.232.